The summed E-state index contributed by atoms with van der Waals surface area (Å²) in [5.41, 5.74) is 7.40. The molecule has 0 amide bonds. The van der Waals surface area contributed by atoms with Gasteiger partial charge in [0.25, 0.3) is 0 Å². The van der Waals surface area contributed by atoms with Crippen molar-refractivity contribution in [3.8, 4) is 0 Å². The minimum Gasteiger partial charge on any atom is -0.318 e. The summed E-state index contributed by atoms with van der Waals surface area (Å²) in [6, 6.07) is 1.93. The number of rotatable bonds is 3. The molecule has 2 nitrogen and oxygen atoms in total. The van der Waals surface area contributed by atoms with Gasteiger partial charge in [-0.05, 0) is 40.7 Å². The lowest BCUT2D eigenvalue weighted by molar-refractivity contribution is 0.858. The van der Waals surface area contributed by atoms with Gasteiger partial charge in [-0.2, -0.15) is 0 Å². The Hall–Kier alpha value is -0.230. The standard InChI is InChI=1S/C11H13BrN2S2/c1-3-8-6(2)16-11(14-8)9(13)10-7(12)4-5-15-10/h4-5,9H,3,13H2,1-2H3. The number of thiophene rings is 1. The van der Waals surface area contributed by atoms with Gasteiger partial charge in [-0.25, -0.2) is 4.98 Å². The Balaban J connectivity index is 2.34. The van der Waals surface area contributed by atoms with Gasteiger partial charge in [-0.15, -0.1) is 22.7 Å². The number of nitrogens with zero attached hydrogens (tertiary/aromatic N) is 1. The molecule has 2 heterocycles. The maximum atomic E-state index is 6.23. The highest BCUT2D eigenvalue weighted by molar-refractivity contribution is 9.10. The minimum absolute atomic E-state index is 0.0987. The first-order valence-electron chi connectivity index (χ1n) is 5.08. The lowest BCUT2D eigenvalue weighted by Crippen LogP contribution is -2.10. The van der Waals surface area contributed by atoms with Crippen LogP contribution < -0.4 is 5.73 Å². The average molecular weight is 317 g/mol. The van der Waals surface area contributed by atoms with Crippen LogP contribution in [0.25, 0.3) is 0 Å². The van der Waals surface area contributed by atoms with Crippen molar-refractivity contribution in [2.45, 2.75) is 26.3 Å². The average Bonchev–Trinajstić information content (AvgIpc) is 2.83. The first-order valence-corrected chi connectivity index (χ1v) is 7.57. The Morgan fingerprint density at radius 1 is 1.56 bits per heavy atom. The zero-order valence-electron chi connectivity index (χ0n) is 9.16. The molecule has 86 valence electrons. The first-order chi connectivity index (χ1) is 7.63. The largest absolute Gasteiger partial charge is 0.318 e. The number of aromatic nitrogens is 1. The van der Waals surface area contributed by atoms with Crippen LogP contribution >= 0.6 is 38.6 Å². The lowest BCUT2D eigenvalue weighted by atomic mass is 10.2. The number of thiazole rings is 1. The predicted molar refractivity (Wildman–Crippen MR) is 74.3 cm³/mol. The molecule has 0 saturated heterocycles. The third-order valence-electron chi connectivity index (χ3n) is 2.44. The predicted octanol–water partition coefficient (Wildman–Crippen LogP) is 3.89. The Morgan fingerprint density at radius 2 is 2.31 bits per heavy atom. The number of hydrogen-bond acceptors (Lipinski definition) is 4. The van der Waals surface area contributed by atoms with Crippen LogP contribution in [-0.2, 0) is 6.42 Å². The second-order valence-electron chi connectivity index (χ2n) is 3.52. The maximum absolute atomic E-state index is 6.23. The third-order valence-corrected chi connectivity index (χ3v) is 5.49. The normalized spacial score (nSPS) is 13.0. The van der Waals surface area contributed by atoms with Crippen molar-refractivity contribution in [2.24, 2.45) is 5.73 Å². The van der Waals surface area contributed by atoms with Gasteiger partial charge in [0.05, 0.1) is 11.7 Å². The zero-order valence-corrected chi connectivity index (χ0v) is 12.4. The highest BCUT2D eigenvalue weighted by Gasteiger charge is 2.18. The van der Waals surface area contributed by atoms with Crippen LogP contribution in [0.4, 0.5) is 0 Å². The number of halogens is 1. The Morgan fingerprint density at radius 3 is 2.81 bits per heavy atom. The summed E-state index contributed by atoms with van der Waals surface area (Å²) >= 11 is 6.89. The molecule has 1 unspecified atom stereocenters. The minimum atomic E-state index is -0.0987. The van der Waals surface area contributed by atoms with E-state index in [1.807, 2.05) is 11.4 Å². The topological polar surface area (TPSA) is 38.9 Å². The van der Waals surface area contributed by atoms with E-state index >= 15 is 0 Å². The summed E-state index contributed by atoms with van der Waals surface area (Å²) in [7, 11) is 0. The molecule has 16 heavy (non-hydrogen) atoms. The zero-order chi connectivity index (χ0) is 11.7. The monoisotopic (exact) mass is 316 g/mol. The smallest absolute Gasteiger partial charge is 0.115 e. The van der Waals surface area contributed by atoms with Crippen LogP contribution in [0.5, 0.6) is 0 Å². The molecule has 0 spiro atoms. The molecule has 0 saturated carbocycles. The van der Waals surface area contributed by atoms with Gasteiger partial charge in [0.15, 0.2) is 0 Å². The summed E-state index contributed by atoms with van der Waals surface area (Å²) in [5.74, 6) is 0. The van der Waals surface area contributed by atoms with Crippen molar-refractivity contribution < 1.29 is 0 Å². The molecule has 2 aromatic heterocycles. The number of nitrogens with two attached hydrogens (primary N) is 1. The SMILES string of the molecule is CCc1nc(C(N)c2sccc2Br)sc1C. The summed E-state index contributed by atoms with van der Waals surface area (Å²) in [4.78, 5) is 7.03. The summed E-state index contributed by atoms with van der Waals surface area (Å²) in [5, 5.41) is 3.05. The molecule has 0 aliphatic rings. The molecular formula is C11H13BrN2S2. The van der Waals surface area contributed by atoms with E-state index in [2.05, 4.69) is 34.8 Å². The summed E-state index contributed by atoms with van der Waals surface area (Å²) in [6.45, 7) is 4.23. The van der Waals surface area contributed by atoms with Crippen LogP contribution in [0, 0.1) is 6.92 Å². The summed E-state index contributed by atoms with van der Waals surface area (Å²) < 4.78 is 1.08. The van der Waals surface area contributed by atoms with Crippen molar-refractivity contribution in [1.29, 1.82) is 0 Å². The van der Waals surface area contributed by atoms with Gasteiger partial charge in [-0.1, -0.05) is 6.92 Å². The quantitative estimate of drug-likeness (QED) is 0.933. The third kappa shape index (κ3) is 2.22. The van der Waals surface area contributed by atoms with Crippen molar-refractivity contribution in [3.05, 3.63) is 36.4 Å². The van der Waals surface area contributed by atoms with E-state index in [9.17, 15) is 0 Å². The molecule has 5 heteroatoms. The molecular weight excluding hydrogens is 304 g/mol. The highest BCUT2D eigenvalue weighted by atomic mass is 79.9. The molecule has 2 rings (SSSR count). The molecule has 1 atom stereocenters. The van der Waals surface area contributed by atoms with Crippen molar-refractivity contribution in [2.75, 3.05) is 0 Å². The van der Waals surface area contributed by atoms with Crippen molar-refractivity contribution in [1.82, 2.24) is 4.98 Å². The maximum Gasteiger partial charge on any atom is 0.115 e. The van der Waals surface area contributed by atoms with Gasteiger partial charge in [0, 0.05) is 14.2 Å². The molecule has 0 aliphatic heterocycles. The Kier molecular flexibility index (Phi) is 3.79. The van der Waals surface area contributed by atoms with E-state index in [1.54, 1.807) is 22.7 Å². The Bertz CT molecular complexity index is 490. The molecule has 0 fully saturated rings. The van der Waals surface area contributed by atoms with Gasteiger partial charge >= 0.3 is 0 Å². The van der Waals surface area contributed by atoms with Crippen molar-refractivity contribution in [3.63, 3.8) is 0 Å². The van der Waals surface area contributed by atoms with Gasteiger partial charge in [0.1, 0.15) is 5.01 Å². The molecule has 0 radical (unpaired) electrons. The second-order valence-corrected chi connectivity index (χ2v) is 6.56. The van der Waals surface area contributed by atoms with E-state index in [4.69, 9.17) is 5.73 Å². The first kappa shape index (κ1) is 12.2. The number of aryl methyl sites for hydroxylation is 2. The van der Waals surface area contributed by atoms with E-state index in [0.29, 0.717) is 0 Å². The fourth-order valence-electron chi connectivity index (χ4n) is 1.55. The van der Waals surface area contributed by atoms with E-state index in [1.165, 1.54) is 10.6 Å². The molecule has 0 aliphatic carbocycles. The van der Waals surface area contributed by atoms with Crippen LogP contribution in [0.3, 0.4) is 0 Å². The fourth-order valence-corrected chi connectivity index (χ4v) is 4.27. The molecule has 0 aromatic carbocycles. The fraction of sp³-hybridized carbons (Fsp3) is 0.364. The van der Waals surface area contributed by atoms with Crippen LogP contribution in [0.1, 0.15) is 33.4 Å². The molecule has 2 N–H and O–H groups in total. The van der Waals surface area contributed by atoms with Crippen LogP contribution in [-0.4, -0.2) is 4.98 Å². The molecule has 0 bridgehead atoms. The van der Waals surface area contributed by atoms with E-state index in [-0.39, 0.29) is 6.04 Å². The molecule has 2 aromatic rings. The van der Waals surface area contributed by atoms with E-state index < -0.39 is 0 Å². The Labute approximate surface area is 112 Å². The van der Waals surface area contributed by atoms with E-state index in [0.717, 1.165) is 20.8 Å². The highest BCUT2D eigenvalue weighted by Crippen LogP contribution is 2.34. The number of hydrogen-bond donors (Lipinski definition) is 1. The van der Waals surface area contributed by atoms with Crippen molar-refractivity contribution >= 4 is 38.6 Å². The van der Waals surface area contributed by atoms with Gasteiger partial charge < -0.3 is 5.73 Å². The van der Waals surface area contributed by atoms with Gasteiger partial charge in [-0.3, -0.25) is 0 Å². The van der Waals surface area contributed by atoms with Gasteiger partial charge in [0.2, 0.25) is 0 Å². The summed E-state index contributed by atoms with van der Waals surface area (Å²) in [6.07, 6.45) is 0.973. The van der Waals surface area contributed by atoms with Crippen LogP contribution in [0.2, 0.25) is 0 Å². The van der Waals surface area contributed by atoms with Crippen LogP contribution in [0.15, 0.2) is 15.9 Å². The lowest BCUT2D eigenvalue weighted by Gasteiger charge is -2.06. The second kappa shape index (κ2) is 4.96.